The lowest BCUT2D eigenvalue weighted by Gasteiger charge is -2.29. The van der Waals surface area contributed by atoms with E-state index in [1.165, 1.54) is 11.1 Å². The normalized spacial score (nSPS) is 20.8. The topological polar surface area (TPSA) is 81.4 Å². The zero-order chi connectivity index (χ0) is 16.8. The van der Waals surface area contributed by atoms with Gasteiger partial charge in [-0.3, -0.25) is 9.59 Å². The highest BCUT2D eigenvalue weighted by molar-refractivity contribution is 5.80. The van der Waals surface area contributed by atoms with Crippen molar-refractivity contribution in [3.63, 3.8) is 0 Å². The van der Waals surface area contributed by atoms with E-state index in [0.717, 1.165) is 31.4 Å². The number of carbonyl (C=O) groups excluding carboxylic acids is 2. The first kappa shape index (κ1) is 17.3. The fraction of sp³-hybridized carbons (Fsp3) is 0.556. The number of hydrogen-bond acceptors (Lipinski definition) is 3. The molecule has 0 heterocycles. The second kappa shape index (κ2) is 7.99. The Morgan fingerprint density at radius 2 is 1.96 bits per heavy atom. The van der Waals surface area contributed by atoms with Crippen molar-refractivity contribution < 1.29 is 14.3 Å². The third kappa shape index (κ3) is 4.98. The van der Waals surface area contributed by atoms with E-state index in [-0.39, 0.29) is 30.2 Å². The first-order valence-electron chi connectivity index (χ1n) is 8.26. The fourth-order valence-corrected chi connectivity index (χ4v) is 2.99. The zero-order valence-corrected chi connectivity index (χ0v) is 13.9. The van der Waals surface area contributed by atoms with Crippen molar-refractivity contribution in [3.8, 4) is 5.75 Å². The lowest BCUT2D eigenvalue weighted by molar-refractivity contribution is -0.126. The van der Waals surface area contributed by atoms with Crippen molar-refractivity contribution in [2.24, 2.45) is 11.7 Å². The van der Waals surface area contributed by atoms with Crippen LogP contribution in [0, 0.1) is 19.8 Å². The quantitative estimate of drug-likeness (QED) is 0.844. The minimum atomic E-state index is -0.318. The van der Waals surface area contributed by atoms with Gasteiger partial charge in [-0.25, -0.2) is 0 Å². The highest BCUT2D eigenvalue weighted by Gasteiger charge is 2.30. The molecule has 0 unspecified atom stereocenters. The first-order valence-corrected chi connectivity index (χ1v) is 8.26. The molecule has 1 fully saturated rings. The SMILES string of the molecule is Cc1ccc(OCCC(=O)N[C@@H]2CCCC[C@@H]2C(N)=O)cc1C. The van der Waals surface area contributed by atoms with Crippen LogP contribution in [0.1, 0.15) is 43.2 Å². The molecule has 1 aromatic rings. The number of hydrogen-bond donors (Lipinski definition) is 2. The molecule has 0 saturated heterocycles. The Morgan fingerprint density at radius 1 is 1.22 bits per heavy atom. The Bertz CT molecular complexity index is 571. The van der Waals surface area contributed by atoms with E-state index >= 15 is 0 Å². The number of benzene rings is 1. The van der Waals surface area contributed by atoms with E-state index in [9.17, 15) is 9.59 Å². The zero-order valence-electron chi connectivity index (χ0n) is 13.9. The van der Waals surface area contributed by atoms with Gasteiger partial charge in [0.15, 0.2) is 0 Å². The maximum Gasteiger partial charge on any atom is 0.223 e. The molecule has 0 aliphatic heterocycles. The fourth-order valence-electron chi connectivity index (χ4n) is 2.99. The molecule has 3 N–H and O–H groups in total. The summed E-state index contributed by atoms with van der Waals surface area (Å²) in [6.45, 7) is 4.40. The highest BCUT2D eigenvalue weighted by atomic mass is 16.5. The third-order valence-electron chi connectivity index (χ3n) is 4.55. The van der Waals surface area contributed by atoms with E-state index in [1.54, 1.807) is 0 Å². The summed E-state index contributed by atoms with van der Waals surface area (Å²) in [4.78, 5) is 23.5. The van der Waals surface area contributed by atoms with Gasteiger partial charge in [0.25, 0.3) is 0 Å². The number of primary amides is 1. The lowest BCUT2D eigenvalue weighted by atomic mass is 9.84. The van der Waals surface area contributed by atoms with Gasteiger partial charge in [0.2, 0.25) is 11.8 Å². The Hall–Kier alpha value is -2.04. The van der Waals surface area contributed by atoms with E-state index in [1.807, 2.05) is 32.0 Å². The van der Waals surface area contributed by atoms with Crippen molar-refractivity contribution in [1.29, 1.82) is 0 Å². The van der Waals surface area contributed by atoms with Crippen molar-refractivity contribution in [3.05, 3.63) is 29.3 Å². The number of aryl methyl sites for hydroxylation is 2. The molecule has 0 spiro atoms. The smallest absolute Gasteiger partial charge is 0.223 e. The molecule has 2 atom stereocenters. The molecule has 1 saturated carbocycles. The molecule has 126 valence electrons. The minimum Gasteiger partial charge on any atom is -0.493 e. The first-order chi connectivity index (χ1) is 11.0. The van der Waals surface area contributed by atoms with Gasteiger partial charge < -0.3 is 15.8 Å². The van der Waals surface area contributed by atoms with Gasteiger partial charge >= 0.3 is 0 Å². The molecule has 1 aliphatic rings. The van der Waals surface area contributed by atoms with Crippen LogP contribution in [0.4, 0.5) is 0 Å². The van der Waals surface area contributed by atoms with Gasteiger partial charge in [-0.1, -0.05) is 18.9 Å². The molecule has 5 heteroatoms. The molecule has 1 aromatic carbocycles. The Labute approximate surface area is 137 Å². The lowest BCUT2D eigenvalue weighted by Crippen LogP contribution is -2.47. The highest BCUT2D eigenvalue weighted by Crippen LogP contribution is 2.24. The standard InChI is InChI=1S/C18H26N2O3/c1-12-7-8-14(11-13(12)2)23-10-9-17(21)20-16-6-4-3-5-15(16)18(19)22/h7-8,11,15-16H,3-6,9-10H2,1-2H3,(H2,19,22)(H,20,21)/t15-,16+/m0/s1. The van der Waals surface area contributed by atoms with E-state index in [0.29, 0.717) is 6.61 Å². The Morgan fingerprint density at radius 3 is 2.65 bits per heavy atom. The van der Waals surface area contributed by atoms with Crippen LogP contribution in [0.25, 0.3) is 0 Å². The number of nitrogens with two attached hydrogens (primary N) is 1. The molecule has 2 rings (SSSR count). The summed E-state index contributed by atoms with van der Waals surface area (Å²) >= 11 is 0. The Balaban J connectivity index is 1.78. The molecule has 0 bridgehead atoms. The third-order valence-corrected chi connectivity index (χ3v) is 4.55. The summed E-state index contributed by atoms with van der Waals surface area (Å²) in [5.41, 5.74) is 7.80. The van der Waals surface area contributed by atoms with Crippen LogP contribution in [0.2, 0.25) is 0 Å². The summed E-state index contributed by atoms with van der Waals surface area (Å²) in [5.74, 6) is 0.121. The summed E-state index contributed by atoms with van der Waals surface area (Å²) in [7, 11) is 0. The maximum absolute atomic E-state index is 12.0. The number of rotatable bonds is 6. The van der Waals surface area contributed by atoms with Crippen LogP contribution in [-0.2, 0) is 9.59 Å². The van der Waals surface area contributed by atoms with Crippen molar-refractivity contribution in [2.75, 3.05) is 6.61 Å². The molecule has 2 amide bonds. The monoisotopic (exact) mass is 318 g/mol. The summed E-state index contributed by atoms with van der Waals surface area (Å²) < 4.78 is 5.62. The van der Waals surface area contributed by atoms with E-state index < -0.39 is 0 Å². The average molecular weight is 318 g/mol. The number of carbonyl (C=O) groups is 2. The number of ether oxygens (including phenoxy) is 1. The number of amides is 2. The molecule has 5 nitrogen and oxygen atoms in total. The maximum atomic E-state index is 12.0. The van der Waals surface area contributed by atoms with E-state index in [2.05, 4.69) is 5.32 Å². The Kier molecular flexibility index (Phi) is 6.02. The minimum absolute atomic E-state index is 0.0908. The van der Waals surface area contributed by atoms with Gasteiger partial charge in [0, 0.05) is 6.04 Å². The summed E-state index contributed by atoms with van der Waals surface area (Å²) in [6, 6.07) is 5.75. The predicted octanol–water partition coefficient (Wildman–Crippen LogP) is 2.23. The van der Waals surface area contributed by atoms with Crippen molar-refractivity contribution in [2.45, 2.75) is 52.0 Å². The average Bonchev–Trinajstić information content (AvgIpc) is 2.51. The largest absolute Gasteiger partial charge is 0.493 e. The van der Waals surface area contributed by atoms with Crippen LogP contribution in [0.5, 0.6) is 5.75 Å². The van der Waals surface area contributed by atoms with Crippen LogP contribution in [-0.4, -0.2) is 24.5 Å². The molecular formula is C18H26N2O3. The second-order valence-electron chi connectivity index (χ2n) is 6.31. The molecule has 23 heavy (non-hydrogen) atoms. The second-order valence-corrected chi connectivity index (χ2v) is 6.31. The van der Waals surface area contributed by atoms with Gasteiger partial charge in [0.1, 0.15) is 5.75 Å². The van der Waals surface area contributed by atoms with Gasteiger partial charge in [-0.05, 0) is 49.9 Å². The van der Waals surface area contributed by atoms with Gasteiger partial charge in [-0.2, -0.15) is 0 Å². The molecule has 0 aromatic heterocycles. The van der Waals surface area contributed by atoms with Crippen molar-refractivity contribution >= 4 is 11.8 Å². The van der Waals surface area contributed by atoms with Crippen LogP contribution >= 0.6 is 0 Å². The van der Waals surface area contributed by atoms with Gasteiger partial charge in [-0.15, -0.1) is 0 Å². The predicted molar refractivity (Wildman–Crippen MR) is 89.1 cm³/mol. The van der Waals surface area contributed by atoms with Crippen LogP contribution < -0.4 is 15.8 Å². The molecule has 1 aliphatic carbocycles. The summed E-state index contributed by atoms with van der Waals surface area (Å²) in [5, 5.41) is 2.94. The molecular weight excluding hydrogens is 292 g/mol. The van der Waals surface area contributed by atoms with Gasteiger partial charge in [0.05, 0.1) is 18.9 Å². The van der Waals surface area contributed by atoms with Crippen LogP contribution in [0.15, 0.2) is 18.2 Å². The van der Waals surface area contributed by atoms with Crippen molar-refractivity contribution in [1.82, 2.24) is 5.32 Å². The number of nitrogens with one attached hydrogen (secondary N) is 1. The van der Waals surface area contributed by atoms with Crippen LogP contribution in [0.3, 0.4) is 0 Å². The summed E-state index contributed by atoms with van der Waals surface area (Å²) in [6.07, 6.45) is 3.87. The molecule has 0 radical (unpaired) electrons. The van der Waals surface area contributed by atoms with E-state index in [4.69, 9.17) is 10.5 Å².